The van der Waals surface area contributed by atoms with E-state index in [1.54, 1.807) is 18.2 Å². The lowest BCUT2D eigenvalue weighted by Crippen LogP contribution is -2.56. The van der Waals surface area contributed by atoms with E-state index >= 15 is 0 Å². The topological polar surface area (TPSA) is 94.7 Å². The van der Waals surface area contributed by atoms with Crippen LogP contribution in [-0.4, -0.2) is 86.1 Å². The van der Waals surface area contributed by atoms with Crippen molar-refractivity contribution in [2.24, 2.45) is 11.8 Å². The molecule has 41 heavy (non-hydrogen) atoms. The number of para-hydroxylation sites is 2. The van der Waals surface area contributed by atoms with Gasteiger partial charge in [0.1, 0.15) is 5.60 Å². The number of benzene rings is 1. The molecule has 10 heteroatoms. The number of carbonyl (C=O) groups is 2. The summed E-state index contributed by atoms with van der Waals surface area (Å²) in [5.41, 5.74) is 1.15. The minimum absolute atomic E-state index is 0.101. The molecule has 0 saturated carbocycles. The molecular formula is C31H46N6O4. The van der Waals surface area contributed by atoms with Crippen LogP contribution in [0.4, 0.5) is 4.79 Å². The number of ether oxygens (including phenoxy) is 2. The molecule has 4 rings (SSSR count). The van der Waals surface area contributed by atoms with Gasteiger partial charge in [0.05, 0.1) is 17.1 Å². The van der Waals surface area contributed by atoms with Gasteiger partial charge in [-0.3, -0.25) is 9.48 Å². The Hall–Kier alpha value is -3.40. The van der Waals surface area contributed by atoms with Crippen LogP contribution in [0.1, 0.15) is 64.5 Å². The van der Waals surface area contributed by atoms with Gasteiger partial charge in [-0.25, -0.2) is 9.78 Å². The molecule has 0 bridgehead atoms. The van der Waals surface area contributed by atoms with E-state index < -0.39 is 5.60 Å². The van der Waals surface area contributed by atoms with E-state index in [2.05, 4.69) is 23.5 Å². The number of imidazole rings is 1. The second-order valence-electron chi connectivity index (χ2n) is 12.5. The van der Waals surface area contributed by atoms with Gasteiger partial charge < -0.3 is 23.8 Å². The molecule has 2 unspecified atom stereocenters. The zero-order valence-corrected chi connectivity index (χ0v) is 25.5. The maximum absolute atomic E-state index is 14.5. The van der Waals surface area contributed by atoms with Crippen molar-refractivity contribution >= 4 is 23.0 Å². The Bertz CT molecular complexity index is 1280. The first-order chi connectivity index (χ1) is 19.6. The molecule has 2 aromatic heterocycles. The third-order valence-electron chi connectivity index (χ3n) is 7.26. The Labute approximate surface area is 243 Å². The van der Waals surface area contributed by atoms with Crippen molar-refractivity contribution in [1.29, 1.82) is 0 Å². The molecule has 224 valence electrons. The highest BCUT2D eigenvalue weighted by Crippen LogP contribution is 2.27. The SMILES string of the molecule is COCCCCn1c(C(=O)N(CC(C)C)C2CC(Cn3cccn3)CN(C(=O)OC(C)(C)C)C2)nc2ccccc21. The van der Waals surface area contributed by atoms with Gasteiger partial charge in [0.15, 0.2) is 5.82 Å². The average Bonchev–Trinajstić information content (AvgIpc) is 3.56. The minimum Gasteiger partial charge on any atom is -0.444 e. The number of methoxy groups -OCH3 is 1. The van der Waals surface area contributed by atoms with Gasteiger partial charge in [-0.15, -0.1) is 0 Å². The number of hydrogen-bond acceptors (Lipinski definition) is 6. The van der Waals surface area contributed by atoms with Gasteiger partial charge in [0.25, 0.3) is 5.91 Å². The molecule has 1 aliphatic rings. The van der Waals surface area contributed by atoms with Gasteiger partial charge in [0, 0.05) is 58.8 Å². The van der Waals surface area contributed by atoms with Crippen LogP contribution in [0.5, 0.6) is 0 Å². The van der Waals surface area contributed by atoms with Gasteiger partial charge in [-0.2, -0.15) is 5.10 Å². The third kappa shape index (κ3) is 8.09. The number of fused-ring (bicyclic) bond motifs is 1. The van der Waals surface area contributed by atoms with E-state index in [0.29, 0.717) is 45.2 Å². The molecule has 2 atom stereocenters. The summed E-state index contributed by atoms with van der Waals surface area (Å²) in [5, 5.41) is 4.40. The van der Waals surface area contributed by atoms with Crippen LogP contribution in [0.3, 0.4) is 0 Å². The Morgan fingerprint density at radius 3 is 2.59 bits per heavy atom. The predicted octanol–water partition coefficient (Wildman–Crippen LogP) is 5.08. The molecular weight excluding hydrogens is 520 g/mol. The lowest BCUT2D eigenvalue weighted by molar-refractivity contribution is -0.000973. The fraction of sp³-hybridized carbons (Fsp3) is 0.613. The number of nitrogens with zero attached hydrogens (tertiary/aromatic N) is 6. The van der Waals surface area contributed by atoms with E-state index in [-0.39, 0.29) is 29.9 Å². The summed E-state index contributed by atoms with van der Waals surface area (Å²) >= 11 is 0. The first-order valence-corrected chi connectivity index (χ1v) is 14.8. The van der Waals surface area contributed by atoms with Crippen molar-refractivity contribution in [2.75, 3.05) is 33.4 Å². The predicted molar refractivity (Wildman–Crippen MR) is 159 cm³/mol. The Kier molecular flexibility index (Phi) is 10.1. The highest BCUT2D eigenvalue weighted by molar-refractivity contribution is 5.95. The van der Waals surface area contributed by atoms with Crippen molar-refractivity contribution < 1.29 is 19.1 Å². The quantitative estimate of drug-likeness (QED) is 0.300. The van der Waals surface area contributed by atoms with Crippen molar-refractivity contribution in [2.45, 2.75) is 78.6 Å². The molecule has 0 radical (unpaired) electrons. The maximum Gasteiger partial charge on any atom is 0.410 e. The number of amides is 2. The van der Waals surface area contributed by atoms with Gasteiger partial charge in [0.2, 0.25) is 0 Å². The molecule has 0 aliphatic carbocycles. The largest absolute Gasteiger partial charge is 0.444 e. The van der Waals surface area contributed by atoms with Crippen molar-refractivity contribution in [3.8, 4) is 0 Å². The fourth-order valence-corrected chi connectivity index (χ4v) is 5.58. The first kappa shape index (κ1) is 30.6. The molecule has 1 saturated heterocycles. The number of piperidine rings is 1. The van der Waals surface area contributed by atoms with Gasteiger partial charge >= 0.3 is 6.09 Å². The number of hydrogen-bond donors (Lipinski definition) is 0. The van der Waals surface area contributed by atoms with Crippen LogP contribution >= 0.6 is 0 Å². The normalized spacial score (nSPS) is 17.8. The van der Waals surface area contributed by atoms with Crippen LogP contribution in [-0.2, 0) is 22.6 Å². The Morgan fingerprint density at radius 1 is 1.12 bits per heavy atom. The summed E-state index contributed by atoms with van der Waals surface area (Å²) in [5.74, 6) is 0.689. The molecule has 0 spiro atoms. The molecule has 10 nitrogen and oxygen atoms in total. The van der Waals surface area contributed by atoms with Gasteiger partial charge in [-0.05, 0) is 70.1 Å². The number of rotatable bonds is 11. The number of carbonyl (C=O) groups excluding carboxylic acids is 2. The van der Waals surface area contributed by atoms with Gasteiger partial charge in [-0.1, -0.05) is 26.0 Å². The summed E-state index contributed by atoms with van der Waals surface area (Å²) < 4.78 is 15.0. The molecule has 3 heterocycles. The summed E-state index contributed by atoms with van der Waals surface area (Å²) in [6.07, 6.45) is 5.87. The van der Waals surface area contributed by atoms with Crippen molar-refractivity contribution in [3.05, 3.63) is 48.5 Å². The highest BCUT2D eigenvalue weighted by atomic mass is 16.6. The van der Waals surface area contributed by atoms with Crippen molar-refractivity contribution in [3.63, 3.8) is 0 Å². The van der Waals surface area contributed by atoms with E-state index in [9.17, 15) is 9.59 Å². The monoisotopic (exact) mass is 566 g/mol. The highest BCUT2D eigenvalue weighted by Gasteiger charge is 2.38. The second-order valence-corrected chi connectivity index (χ2v) is 12.5. The second kappa shape index (κ2) is 13.5. The van der Waals surface area contributed by atoms with Crippen LogP contribution in [0.25, 0.3) is 11.0 Å². The minimum atomic E-state index is -0.609. The maximum atomic E-state index is 14.5. The zero-order chi connectivity index (χ0) is 29.6. The lowest BCUT2D eigenvalue weighted by Gasteiger charge is -2.43. The zero-order valence-electron chi connectivity index (χ0n) is 25.5. The molecule has 1 aliphatic heterocycles. The van der Waals surface area contributed by atoms with Crippen LogP contribution < -0.4 is 0 Å². The summed E-state index contributed by atoms with van der Waals surface area (Å²) in [6, 6.07) is 9.62. The number of likely N-dealkylation sites (tertiary alicyclic amines) is 1. The third-order valence-corrected chi connectivity index (χ3v) is 7.26. The van der Waals surface area contributed by atoms with E-state index in [0.717, 1.165) is 30.3 Å². The van der Waals surface area contributed by atoms with Crippen molar-refractivity contribution in [1.82, 2.24) is 29.1 Å². The number of unbranched alkanes of at least 4 members (excludes halogenated alkanes) is 1. The molecule has 1 aromatic carbocycles. The van der Waals surface area contributed by atoms with E-state index in [4.69, 9.17) is 14.5 Å². The average molecular weight is 567 g/mol. The lowest BCUT2D eigenvalue weighted by atomic mass is 9.92. The van der Waals surface area contributed by atoms with Crippen LogP contribution in [0.15, 0.2) is 42.7 Å². The van der Waals surface area contributed by atoms with E-state index in [1.165, 1.54) is 0 Å². The van der Waals surface area contributed by atoms with Crippen LogP contribution in [0.2, 0.25) is 0 Å². The fourth-order valence-electron chi connectivity index (χ4n) is 5.58. The smallest absolute Gasteiger partial charge is 0.410 e. The standard InChI is InChI=1S/C31H46N6O4/c1-23(2)19-37(29(38)28-33-26-12-7-8-13-27(26)36(28)16-9-10-17-40-6)25-18-24(21-35-15-11-14-32-35)20-34(22-25)30(39)41-31(3,4)5/h7-8,11-15,23-25H,9-10,16-22H2,1-6H3. The number of aromatic nitrogens is 4. The number of aryl methyl sites for hydroxylation is 1. The summed E-state index contributed by atoms with van der Waals surface area (Å²) in [7, 11) is 1.70. The first-order valence-electron chi connectivity index (χ1n) is 14.8. The van der Waals surface area contributed by atoms with Crippen LogP contribution in [0, 0.1) is 11.8 Å². The Balaban J connectivity index is 1.66. The molecule has 1 fully saturated rings. The summed E-state index contributed by atoms with van der Waals surface area (Å²) in [4.78, 5) is 36.3. The molecule has 0 N–H and O–H groups in total. The van der Waals surface area contributed by atoms with E-state index in [1.807, 2.05) is 66.9 Å². The molecule has 3 aromatic rings. The Morgan fingerprint density at radius 2 is 1.90 bits per heavy atom. The molecule has 2 amide bonds. The summed E-state index contributed by atoms with van der Waals surface area (Å²) in [6.45, 7) is 13.4.